The minimum absolute atomic E-state index is 0.135. The Hall–Kier alpha value is -1.64. The highest BCUT2D eigenvalue weighted by Gasteiger charge is 2.30. The number of imide groups is 1. The van der Waals surface area contributed by atoms with E-state index in [2.05, 4.69) is 24.4 Å². The molecule has 0 aliphatic carbocycles. The molecule has 1 aliphatic heterocycles. The summed E-state index contributed by atoms with van der Waals surface area (Å²) in [6.45, 7) is 2.11. The maximum Gasteiger partial charge on any atom is 0.230 e. The average Bonchev–Trinajstić information content (AvgIpc) is 2.59. The molecule has 0 saturated carbocycles. The highest BCUT2D eigenvalue weighted by Crippen LogP contribution is 2.17. The molecule has 0 aromatic heterocycles. The number of carbonyl (C=O) groups excluding carboxylic acids is 2. The first-order valence-electron chi connectivity index (χ1n) is 5.60. The first kappa shape index (κ1) is 10.9. The van der Waals surface area contributed by atoms with Crippen LogP contribution in [0.3, 0.4) is 0 Å². The summed E-state index contributed by atoms with van der Waals surface area (Å²) in [4.78, 5) is 22.4. The maximum absolute atomic E-state index is 11.4. The van der Waals surface area contributed by atoms with E-state index in [0.29, 0.717) is 12.8 Å². The monoisotopic (exact) mass is 217 g/mol. The SMILES string of the molecule is CCc1ccc(CC2CC(=O)NC2=O)cc1. The minimum Gasteiger partial charge on any atom is -0.296 e. The molecule has 2 amide bonds. The van der Waals surface area contributed by atoms with Crippen LogP contribution in [0.15, 0.2) is 24.3 Å². The molecule has 1 atom stereocenters. The molecule has 1 aromatic rings. The van der Waals surface area contributed by atoms with E-state index >= 15 is 0 Å². The van der Waals surface area contributed by atoms with Gasteiger partial charge in [-0.05, 0) is 24.0 Å². The number of rotatable bonds is 3. The highest BCUT2D eigenvalue weighted by atomic mass is 16.2. The molecule has 1 N–H and O–H groups in total. The summed E-state index contributed by atoms with van der Waals surface area (Å²) in [5.41, 5.74) is 2.41. The molecule has 1 aromatic carbocycles. The lowest BCUT2D eigenvalue weighted by Gasteiger charge is -2.06. The first-order chi connectivity index (χ1) is 7.69. The van der Waals surface area contributed by atoms with Gasteiger partial charge in [0, 0.05) is 6.42 Å². The second-order valence-electron chi connectivity index (χ2n) is 4.19. The Balaban J connectivity index is 2.03. The van der Waals surface area contributed by atoms with Crippen molar-refractivity contribution in [1.29, 1.82) is 0 Å². The Kier molecular flexibility index (Phi) is 3.04. The maximum atomic E-state index is 11.4. The molecule has 3 nitrogen and oxygen atoms in total. The van der Waals surface area contributed by atoms with Gasteiger partial charge in [-0.15, -0.1) is 0 Å². The molecule has 16 heavy (non-hydrogen) atoms. The third kappa shape index (κ3) is 2.30. The number of aryl methyl sites for hydroxylation is 1. The summed E-state index contributed by atoms with van der Waals surface area (Å²) in [5, 5.41) is 2.33. The van der Waals surface area contributed by atoms with Crippen molar-refractivity contribution < 1.29 is 9.59 Å². The smallest absolute Gasteiger partial charge is 0.230 e. The van der Waals surface area contributed by atoms with Crippen LogP contribution >= 0.6 is 0 Å². The Labute approximate surface area is 94.9 Å². The van der Waals surface area contributed by atoms with E-state index in [1.807, 2.05) is 12.1 Å². The fourth-order valence-corrected chi connectivity index (χ4v) is 1.97. The van der Waals surface area contributed by atoms with Crippen LogP contribution in [0.25, 0.3) is 0 Å². The molecule has 1 saturated heterocycles. The molecule has 3 heteroatoms. The van der Waals surface area contributed by atoms with Crippen LogP contribution in [0.5, 0.6) is 0 Å². The van der Waals surface area contributed by atoms with Crippen LogP contribution in [0.4, 0.5) is 0 Å². The molecule has 0 radical (unpaired) electrons. The lowest BCUT2D eigenvalue weighted by Crippen LogP contribution is -2.22. The van der Waals surface area contributed by atoms with Crippen molar-refractivity contribution in [2.45, 2.75) is 26.2 Å². The molecule has 0 bridgehead atoms. The lowest BCUT2D eigenvalue weighted by atomic mass is 9.97. The number of hydrogen-bond acceptors (Lipinski definition) is 2. The minimum atomic E-state index is -0.181. The van der Waals surface area contributed by atoms with Gasteiger partial charge in [-0.3, -0.25) is 14.9 Å². The van der Waals surface area contributed by atoms with E-state index in [9.17, 15) is 9.59 Å². The van der Waals surface area contributed by atoms with Gasteiger partial charge in [0.1, 0.15) is 0 Å². The van der Waals surface area contributed by atoms with Crippen molar-refractivity contribution >= 4 is 11.8 Å². The van der Waals surface area contributed by atoms with Crippen molar-refractivity contribution in [3.05, 3.63) is 35.4 Å². The van der Waals surface area contributed by atoms with Crippen LogP contribution in [0.1, 0.15) is 24.5 Å². The first-order valence-corrected chi connectivity index (χ1v) is 5.60. The van der Waals surface area contributed by atoms with E-state index < -0.39 is 0 Å². The predicted molar refractivity (Wildman–Crippen MR) is 60.8 cm³/mol. The molecule has 2 rings (SSSR count). The second kappa shape index (κ2) is 4.47. The van der Waals surface area contributed by atoms with E-state index in [0.717, 1.165) is 12.0 Å². The van der Waals surface area contributed by atoms with Gasteiger partial charge < -0.3 is 0 Å². The van der Waals surface area contributed by atoms with Gasteiger partial charge in [0.25, 0.3) is 0 Å². The summed E-state index contributed by atoms with van der Waals surface area (Å²) >= 11 is 0. The van der Waals surface area contributed by atoms with Crippen molar-refractivity contribution in [2.75, 3.05) is 0 Å². The number of amides is 2. The molecule has 0 spiro atoms. The molecule has 1 fully saturated rings. The second-order valence-corrected chi connectivity index (χ2v) is 4.19. The standard InChI is InChI=1S/C13H15NO2/c1-2-9-3-5-10(6-4-9)7-11-8-12(15)14-13(11)16/h3-6,11H,2,7-8H2,1H3,(H,14,15,16). The molecular weight excluding hydrogens is 202 g/mol. The summed E-state index contributed by atoms with van der Waals surface area (Å²) in [5.74, 6) is -0.468. The van der Waals surface area contributed by atoms with Gasteiger partial charge >= 0.3 is 0 Å². The zero-order chi connectivity index (χ0) is 11.5. The van der Waals surface area contributed by atoms with Gasteiger partial charge in [-0.2, -0.15) is 0 Å². The fraction of sp³-hybridized carbons (Fsp3) is 0.385. The van der Waals surface area contributed by atoms with Crippen molar-refractivity contribution in [3.63, 3.8) is 0 Å². The van der Waals surface area contributed by atoms with Crippen LogP contribution in [0.2, 0.25) is 0 Å². The van der Waals surface area contributed by atoms with Crippen LogP contribution < -0.4 is 5.32 Å². The van der Waals surface area contributed by atoms with E-state index in [-0.39, 0.29) is 17.7 Å². The molecule has 84 valence electrons. The highest BCUT2D eigenvalue weighted by molar-refractivity contribution is 6.03. The van der Waals surface area contributed by atoms with Crippen LogP contribution in [-0.4, -0.2) is 11.8 Å². The molecule has 1 unspecified atom stereocenters. The molecule has 1 heterocycles. The van der Waals surface area contributed by atoms with E-state index in [4.69, 9.17) is 0 Å². The topological polar surface area (TPSA) is 46.2 Å². The fourth-order valence-electron chi connectivity index (χ4n) is 1.97. The largest absolute Gasteiger partial charge is 0.296 e. The van der Waals surface area contributed by atoms with Crippen molar-refractivity contribution in [2.24, 2.45) is 5.92 Å². The molecule has 1 aliphatic rings. The number of carbonyl (C=O) groups is 2. The summed E-state index contributed by atoms with van der Waals surface area (Å²) < 4.78 is 0. The van der Waals surface area contributed by atoms with E-state index in [1.165, 1.54) is 5.56 Å². The number of benzene rings is 1. The number of nitrogens with one attached hydrogen (secondary N) is 1. The zero-order valence-electron chi connectivity index (χ0n) is 9.32. The Morgan fingerprint density at radius 2 is 1.81 bits per heavy atom. The van der Waals surface area contributed by atoms with Crippen LogP contribution in [-0.2, 0) is 22.4 Å². The van der Waals surface area contributed by atoms with Crippen molar-refractivity contribution in [3.8, 4) is 0 Å². The van der Waals surface area contributed by atoms with Gasteiger partial charge in [0.15, 0.2) is 0 Å². The Morgan fingerprint density at radius 1 is 1.19 bits per heavy atom. The van der Waals surface area contributed by atoms with Gasteiger partial charge in [0.2, 0.25) is 11.8 Å². The predicted octanol–water partition coefficient (Wildman–Crippen LogP) is 1.45. The van der Waals surface area contributed by atoms with E-state index in [1.54, 1.807) is 0 Å². The molecular formula is C13H15NO2. The quantitative estimate of drug-likeness (QED) is 0.779. The average molecular weight is 217 g/mol. The third-order valence-corrected chi connectivity index (χ3v) is 2.98. The van der Waals surface area contributed by atoms with Gasteiger partial charge in [-0.25, -0.2) is 0 Å². The lowest BCUT2D eigenvalue weighted by molar-refractivity contribution is -0.125. The van der Waals surface area contributed by atoms with Gasteiger partial charge in [-0.1, -0.05) is 31.2 Å². The summed E-state index contributed by atoms with van der Waals surface area (Å²) in [6.07, 6.45) is 2.00. The zero-order valence-corrected chi connectivity index (χ0v) is 9.32. The summed E-state index contributed by atoms with van der Waals surface area (Å²) in [7, 11) is 0. The van der Waals surface area contributed by atoms with Crippen LogP contribution in [0, 0.1) is 5.92 Å². The normalized spacial score (nSPS) is 19.9. The Bertz CT molecular complexity index is 408. The number of hydrogen-bond donors (Lipinski definition) is 1. The Morgan fingerprint density at radius 3 is 2.31 bits per heavy atom. The summed E-state index contributed by atoms with van der Waals surface area (Å²) in [6, 6.07) is 8.22. The van der Waals surface area contributed by atoms with Gasteiger partial charge in [0.05, 0.1) is 5.92 Å². The third-order valence-electron chi connectivity index (χ3n) is 2.98. The van der Waals surface area contributed by atoms with Crippen molar-refractivity contribution in [1.82, 2.24) is 5.32 Å².